The fourth-order valence-electron chi connectivity index (χ4n) is 3.30. The Morgan fingerprint density at radius 3 is 2.88 bits per heavy atom. The van der Waals surface area contributed by atoms with Crippen LogP contribution in [0.4, 0.5) is 5.69 Å². The number of aromatic nitrogens is 1. The zero-order valence-corrected chi connectivity index (χ0v) is 13.1. The number of carbonyl (C=O) groups excluding carboxylic acids is 1. The zero-order valence-electron chi connectivity index (χ0n) is 13.1. The molecule has 0 bridgehead atoms. The number of hydrogen-bond acceptors (Lipinski definition) is 4. The first kappa shape index (κ1) is 14.7. The van der Waals surface area contributed by atoms with Crippen LogP contribution in [-0.4, -0.2) is 17.4 Å². The van der Waals surface area contributed by atoms with Crippen LogP contribution in [0.2, 0.25) is 0 Å². The number of anilines is 1. The lowest BCUT2D eigenvalue weighted by Crippen LogP contribution is -2.35. The maximum absolute atomic E-state index is 13.1. The second-order valence-electron chi connectivity index (χ2n) is 5.82. The van der Waals surface area contributed by atoms with Crippen LogP contribution in [0.25, 0.3) is 10.9 Å². The van der Waals surface area contributed by atoms with Gasteiger partial charge in [0, 0.05) is 23.8 Å². The van der Waals surface area contributed by atoms with Crippen molar-refractivity contribution in [2.24, 2.45) is 5.90 Å². The van der Waals surface area contributed by atoms with Crippen molar-refractivity contribution in [1.29, 1.82) is 0 Å². The third kappa shape index (κ3) is 2.30. The van der Waals surface area contributed by atoms with Crippen LogP contribution in [0, 0.1) is 0 Å². The molecule has 2 heterocycles. The highest BCUT2D eigenvalue weighted by molar-refractivity contribution is 6.11. The number of aryl methyl sites for hydroxylation is 1. The lowest BCUT2D eigenvalue weighted by atomic mass is 10.00. The number of carbonyl (C=O) groups is 1. The third-order valence-corrected chi connectivity index (χ3v) is 4.43. The second kappa shape index (κ2) is 5.94. The van der Waals surface area contributed by atoms with Gasteiger partial charge in [0.1, 0.15) is 5.52 Å². The Balaban J connectivity index is 1.82. The summed E-state index contributed by atoms with van der Waals surface area (Å²) in [6.45, 7) is 0.681. The van der Waals surface area contributed by atoms with Gasteiger partial charge in [0.25, 0.3) is 5.91 Å². The molecule has 0 spiro atoms. The van der Waals surface area contributed by atoms with Crippen LogP contribution in [-0.2, 0) is 6.42 Å². The first-order chi connectivity index (χ1) is 11.8. The summed E-state index contributed by atoms with van der Waals surface area (Å²) in [7, 11) is 0. The van der Waals surface area contributed by atoms with Gasteiger partial charge in [-0.25, -0.2) is 0 Å². The quantitative estimate of drug-likeness (QED) is 0.737. The van der Waals surface area contributed by atoms with Crippen LogP contribution in [0.15, 0.2) is 54.7 Å². The molecule has 1 aromatic heterocycles. The average molecular weight is 319 g/mol. The van der Waals surface area contributed by atoms with Gasteiger partial charge in [-0.1, -0.05) is 30.3 Å². The highest BCUT2D eigenvalue weighted by atomic mass is 16.6. The molecule has 5 heteroatoms. The minimum atomic E-state index is -0.116. The molecule has 24 heavy (non-hydrogen) atoms. The van der Waals surface area contributed by atoms with E-state index in [1.54, 1.807) is 17.2 Å². The zero-order chi connectivity index (χ0) is 16.5. The van der Waals surface area contributed by atoms with Crippen molar-refractivity contribution >= 4 is 22.5 Å². The molecular formula is C19H17N3O2. The van der Waals surface area contributed by atoms with E-state index >= 15 is 0 Å². The molecule has 4 rings (SSSR count). The lowest BCUT2D eigenvalue weighted by molar-refractivity contribution is 0.0981. The fraction of sp³-hybridized carbons (Fsp3) is 0.158. The summed E-state index contributed by atoms with van der Waals surface area (Å²) < 4.78 is 0. The first-order valence-corrected chi connectivity index (χ1v) is 7.94. The van der Waals surface area contributed by atoms with Gasteiger partial charge in [0.05, 0.1) is 5.56 Å². The summed E-state index contributed by atoms with van der Waals surface area (Å²) in [5.74, 6) is 5.67. The number of nitrogens with zero attached hydrogens (tertiary/aromatic N) is 2. The summed E-state index contributed by atoms with van der Waals surface area (Å²) in [4.78, 5) is 24.3. The highest BCUT2D eigenvalue weighted by Crippen LogP contribution is 2.32. The van der Waals surface area contributed by atoms with Gasteiger partial charge < -0.3 is 9.74 Å². The Kier molecular flexibility index (Phi) is 3.63. The second-order valence-corrected chi connectivity index (χ2v) is 5.82. The number of hydrogen-bond donors (Lipinski definition) is 1. The third-order valence-electron chi connectivity index (χ3n) is 4.43. The molecule has 1 amide bonds. The van der Waals surface area contributed by atoms with Gasteiger partial charge >= 0.3 is 0 Å². The van der Waals surface area contributed by atoms with E-state index in [2.05, 4.69) is 11.1 Å². The van der Waals surface area contributed by atoms with Crippen molar-refractivity contribution in [3.8, 4) is 5.75 Å². The maximum atomic E-state index is 13.1. The molecule has 0 unspecified atom stereocenters. The minimum absolute atomic E-state index is 0.116. The standard InChI is InChI=1S/C19H17N3O2/c20-24-18-15(10-9-14-6-3-11-21-17(14)18)19(23)22-12-4-7-13-5-1-2-8-16(13)22/h1-3,5-6,8-11H,4,7,12,20H2. The van der Waals surface area contributed by atoms with Crippen LogP contribution in [0.5, 0.6) is 5.75 Å². The average Bonchev–Trinajstić information content (AvgIpc) is 2.66. The molecule has 0 fully saturated rings. The van der Waals surface area contributed by atoms with Crippen LogP contribution >= 0.6 is 0 Å². The molecule has 2 N–H and O–H groups in total. The van der Waals surface area contributed by atoms with Crippen molar-refractivity contribution in [2.45, 2.75) is 12.8 Å². The largest absolute Gasteiger partial charge is 0.408 e. The molecule has 0 saturated heterocycles. The number of pyridine rings is 1. The van der Waals surface area contributed by atoms with E-state index in [1.807, 2.05) is 36.4 Å². The number of benzene rings is 2. The van der Waals surface area contributed by atoms with Crippen molar-refractivity contribution in [1.82, 2.24) is 4.98 Å². The maximum Gasteiger partial charge on any atom is 0.262 e. The monoisotopic (exact) mass is 319 g/mol. The highest BCUT2D eigenvalue weighted by Gasteiger charge is 2.26. The van der Waals surface area contributed by atoms with Crippen LogP contribution in [0.3, 0.4) is 0 Å². The molecule has 0 radical (unpaired) electrons. The van der Waals surface area contributed by atoms with Gasteiger partial charge in [0.2, 0.25) is 0 Å². The number of fused-ring (bicyclic) bond motifs is 2. The molecule has 2 aromatic carbocycles. The number of nitrogens with two attached hydrogens (primary N) is 1. The van der Waals surface area contributed by atoms with Crippen molar-refractivity contribution in [2.75, 3.05) is 11.4 Å². The predicted octanol–water partition coefficient (Wildman–Crippen LogP) is 3.08. The van der Waals surface area contributed by atoms with Crippen molar-refractivity contribution < 1.29 is 9.63 Å². The molecule has 0 saturated carbocycles. The molecule has 1 aliphatic heterocycles. The molecule has 0 atom stereocenters. The fourth-order valence-corrected chi connectivity index (χ4v) is 3.30. The van der Waals surface area contributed by atoms with E-state index in [9.17, 15) is 4.79 Å². The Hall–Kier alpha value is -2.92. The minimum Gasteiger partial charge on any atom is -0.408 e. The molecule has 1 aliphatic rings. The summed E-state index contributed by atoms with van der Waals surface area (Å²) in [5.41, 5.74) is 3.17. The van der Waals surface area contributed by atoms with Gasteiger partial charge in [-0.15, -0.1) is 0 Å². The summed E-state index contributed by atoms with van der Waals surface area (Å²) in [6, 6.07) is 15.4. The number of para-hydroxylation sites is 1. The first-order valence-electron chi connectivity index (χ1n) is 7.94. The molecule has 0 aliphatic carbocycles. The number of amides is 1. The van der Waals surface area contributed by atoms with E-state index < -0.39 is 0 Å². The van der Waals surface area contributed by atoms with E-state index in [-0.39, 0.29) is 5.91 Å². The van der Waals surface area contributed by atoms with E-state index in [4.69, 9.17) is 10.7 Å². The summed E-state index contributed by atoms with van der Waals surface area (Å²) in [5, 5.41) is 0.883. The van der Waals surface area contributed by atoms with E-state index in [0.29, 0.717) is 23.4 Å². The SMILES string of the molecule is NOc1c(C(=O)N2CCCc3ccccc32)ccc2cccnc12. The smallest absolute Gasteiger partial charge is 0.262 e. The van der Waals surface area contributed by atoms with Gasteiger partial charge in [-0.05, 0) is 36.6 Å². The normalized spacial score (nSPS) is 13.6. The van der Waals surface area contributed by atoms with Crippen molar-refractivity contribution in [3.05, 3.63) is 65.9 Å². The van der Waals surface area contributed by atoms with E-state index in [0.717, 1.165) is 23.9 Å². The molecular weight excluding hydrogens is 302 g/mol. The number of rotatable bonds is 2. The summed E-state index contributed by atoms with van der Waals surface area (Å²) in [6.07, 6.45) is 3.59. The predicted molar refractivity (Wildman–Crippen MR) is 93.0 cm³/mol. The van der Waals surface area contributed by atoms with Crippen LogP contribution < -0.4 is 15.6 Å². The topological polar surface area (TPSA) is 68.5 Å². The lowest BCUT2D eigenvalue weighted by Gasteiger charge is -2.29. The molecule has 3 aromatic rings. The summed E-state index contributed by atoms with van der Waals surface area (Å²) >= 11 is 0. The van der Waals surface area contributed by atoms with E-state index in [1.165, 1.54) is 5.56 Å². The van der Waals surface area contributed by atoms with Gasteiger partial charge in [-0.3, -0.25) is 9.78 Å². The molecule has 5 nitrogen and oxygen atoms in total. The van der Waals surface area contributed by atoms with Gasteiger partial charge in [-0.2, -0.15) is 5.90 Å². The Bertz CT molecular complexity index is 923. The van der Waals surface area contributed by atoms with Crippen molar-refractivity contribution in [3.63, 3.8) is 0 Å². The molecule has 120 valence electrons. The Morgan fingerprint density at radius 2 is 2.00 bits per heavy atom. The van der Waals surface area contributed by atoms with Crippen LogP contribution in [0.1, 0.15) is 22.3 Å². The Morgan fingerprint density at radius 1 is 1.12 bits per heavy atom. The van der Waals surface area contributed by atoms with Gasteiger partial charge in [0.15, 0.2) is 5.75 Å². The Labute approximate surface area is 139 Å².